The van der Waals surface area contributed by atoms with Gasteiger partial charge in [0.1, 0.15) is 0 Å². The van der Waals surface area contributed by atoms with Crippen LogP contribution in [-0.4, -0.2) is 53.8 Å². The third-order valence-electron chi connectivity index (χ3n) is 5.31. The van der Waals surface area contributed by atoms with Gasteiger partial charge >= 0.3 is 0 Å². The fourth-order valence-electron chi connectivity index (χ4n) is 2.91. The van der Waals surface area contributed by atoms with Gasteiger partial charge in [0.25, 0.3) is 0 Å². The maximum atomic E-state index is 12.9. The molecule has 0 aliphatic heterocycles. The van der Waals surface area contributed by atoms with Crippen molar-refractivity contribution in [2.45, 2.75) is 104 Å². The van der Waals surface area contributed by atoms with Crippen molar-refractivity contribution < 1.29 is 4.79 Å². The van der Waals surface area contributed by atoms with Crippen molar-refractivity contribution in [3.05, 3.63) is 0 Å². The Morgan fingerprint density at radius 1 is 0.875 bits per heavy atom. The first kappa shape index (κ1) is 23.6. The molecule has 0 aliphatic carbocycles. The molecule has 3 heteroatoms. The zero-order valence-electron chi connectivity index (χ0n) is 17.7. The largest absolute Gasteiger partial charge is 0.297 e. The topological polar surface area (TPSA) is 23.6 Å². The van der Waals surface area contributed by atoms with Gasteiger partial charge in [0.05, 0.1) is 12.1 Å². The van der Waals surface area contributed by atoms with Crippen LogP contribution in [-0.2, 0) is 4.79 Å². The van der Waals surface area contributed by atoms with Gasteiger partial charge in [-0.05, 0) is 60.7 Å². The van der Waals surface area contributed by atoms with E-state index in [1.54, 1.807) is 0 Å². The number of hydrogen-bond acceptors (Lipinski definition) is 3. The summed E-state index contributed by atoms with van der Waals surface area (Å²) >= 11 is 0. The fraction of sp³-hybridized carbons (Fsp3) is 0.952. The zero-order chi connectivity index (χ0) is 18.6. The maximum absolute atomic E-state index is 12.9. The summed E-state index contributed by atoms with van der Waals surface area (Å²) in [6.07, 6.45) is 10.1. The van der Waals surface area contributed by atoms with Crippen LogP contribution in [0.15, 0.2) is 0 Å². The lowest BCUT2D eigenvalue weighted by atomic mass is 9.94. The Morgan fingerprint density at radius 2 is 1.33 bits per heavy atom. The van der Waals surface area contributed by atoms with Crippen LogP contribution in [0.2, 0.25) is 0 Å². The minimum atomic E-state index is -0.360. The van der Waals surface area contributed by atoms with Crippen molar-refractivity contribution in [1.82, 2.24) is 9.80 Å². The monoisotopic (exact) mass is 340 g/mol. The van der Waals surface area contributed by atoms with Gasteiger partial charge in [-0.1, -0.05) is 52.4 Å². The lowest BCUT2D eigenvalue weighted by molar-refractivity contribution is -0.130. The number of nitrogens with zero attached hydrogens (tertiary/aromatic N) is 2. The first-order valence-electron chi connectivity index (χ1n) is 10.3. The highest BCUT2D eigenvalue weighted by Crippen LogP contribution is 2.20. The highest BCUT2D eigenvalue weighted by molar-refractivity contribution is 5.89. The summed E-state index contributed by atoms with van der Waals surface area (Å²) in [6, 6.07) is 0.410. The molecule has 0 saturated heterocycles. The minimum absolute atomic E-state index is 0.352. The number of hydrogen-bond donors (Lipinski definition) is 0. The molecule has 0 unspecified atom stereocenters. The first-order chi connectivity index (χ1) is 11.3. The van der Waals surface area contributed by atoms with E-state index in [4.69, 9.17) is 0 Å². The maximum Gasteiger partial charge on any atom is 0.166 e. The summed E-state index contributed by atoms with van der Waals surface area (Å²) in [5.74, 6) is 0.352. The van der Waals surface area contributed by atoms with E-state index in [-0.39, 0.29) is 5.54 Å². The lowest BCUT2D eigenvalue weighted by Crippen LogP contribution is -2.54. The standard InChI is InChI=1S/C21H44N2O/c1-8-10-12-14-16-23(17-15-13-11-9-2)21(5,6)20(24)18-22(7)19(3)4/h19H,8-18H2,1-7H3. The van der Waals surface area contributed by atoms with E-state index in [1.165, 1.54) is 51.4 Å². The van der Waals surface area contributed by atoms with Crippen molar-refractivity contribution in [2.75, 3.05) is 26.7 Å². The minimum Gasteiger partial charge on any atom is -0.297 e. The van der Waals surface area contributed by atoms with Gasteiger partial charge < -0.3 is 0 Å². The van der Waals surface area contributed by atoms with E-state index < -0.39 is 0 Å². The molecule has 0 aromatic rings. The predicted octanol–water partition coefficient (Wildman–Crippen LogP) is 5.14. The van der Waals surface area contributed by atoms with Crippen LogP contribution < -0.4 is 0 Å². The number of rotatable bonds is 15. The van der Waals surface area contributed by atoms with Crippen LogP contribution in [0.5, 0.6) is 0 Å². The molecule has 144 valence electrons. The van der Waals surface area contributed by atoms with Crippen molar-refractivity contribution in [3.8, 4) is 0 Å². The molecule has 0 N–H and O–H groups in total. The highest BCUT2D eigenvalue weighted by Gasteiger charge is 2.34. The molecule has 0 aromatic heterocycles. The lowest BCUT2D eigenvalue weighted by Gasteiger charge is -2.39. The summed E-state index contributed by atoms with van der Waals surface area (Å²) in [4.78, 5) is 17.5. The van der Waals surface area contributed by atoms with E-state index in [0.717, 1.165) is 13.1 Å². The molecule has 0 aromatic carbocycles. The molecule has 0 saturated carbocycles. The molecular formula is C21H44N2O. The predicted molar refractivity (Wildman–Crippen MR) is 107 cm³/mol. The average Bonchev–Trinajstić information content (AvgIpc) is 2.52. The van der Waals surface area contributed by atoms with E-state index in [9.17, 15) is 4.79 Å². The molecule has 0 bridgehead atoms. The van der Waals surface area contributed by atoms with Crippen LogP contribution in [0.25, 0.3) is 0 Å². The molecule has 3 nitrogen and oxygen atoms in total. The average molecular weight is 341 g/mol. The summed E-state index contributed by atoms with van der Waals surface area (Å²) in [5.41, 5.74) is -0.360. The number of carbonyl (C=O) groups excluding carboxylic acids is 1. The van der Waals surface area contributed by atoms with Gasteiger partial charge in [-0.2, -0.15) is 0 Å². The number of ketones is 1. The number of Topliss-reactive ketones (excluding diaryl/α,β-unsaturated/α-hetero) is 1. The second kappa shape index (κ2) is 12.9. The van der Waals surface area contributed by atoms with E-state index in [2.05, 4.69) is 51.3 Å². The highest BCUT2D eigenvalue weighted by atomic mass is 16.1. The van der Waals surface area contributed by atoms with Crippen LogP contribution in [0, 0.1) is 0 Å². The van der Waals surface area contributed by atoms with Gasteiger partial charge in [0, 0.05) is 6.04 Å². The molecular weight excluding hydrogens is 296 g/mol. The van der Waals surface area contributed by atoms with E-state index >= 15 is 0 Å². The van der Waals surface area contributed by atoms with Crippen molar-refractivity contribution in [1.29, 1.82) is 0 Å². The van der Waals surface area contributed by atoms with Crippen molar-refractivity contribution >= 4 is 5.78 Å². The van der Waals surface area contributed by atoms with Crippen molar-refractivity contribution in [2.24, 2.45) is 0 Å². The van der Waals surface area contributed by atoms with Crippen LogP contribution in [0.3, 0.4) is 0 Å². The van der Waals surface area contributed by atoms with Crippen LogP contribution in [0.1, 0.15) is 92.9 Å². The van der Waals surface area contributed by atoms with Crippen molar-refractivity contribution in [3.63, 3.8) is 0 Å². The summed E-state index contributed by atoms with van der Waals surface area (Å²) < 4.78 is 0. The Balaban J connectivity index is 4.74. The van der Waals surface area contributed by atoms with Gasteiger partial charge in [-0.25, -0.2) is 0 Å². The SMILES string of the molecule is CCCCCCN(CCCCCC)C(C)(C)C(=O)CN(C)C(C)C. The van der Waals surface area contributed by atoms with Crippen LogP contribution in [0.4, 0.5) is 0 Å². The number of carbonyl (C=O) groups is 1. The number of likely N-dealkylation sites (N-methyl/N-ethyl adjacent to an activating group) is 1. The van der Waals surface area contributed by atoms with E-state index in [0.29, 0.717) is 18.4 Å². The smallest absolute Gasteiger partial charge is 0.166 e. The Morgan fingerprint density at radius 3 is 1.71 bits per heavy atom. The van der Waals surface area contributed by atoms with Crippen LogP contribution >= 0.6 is 0 Å². The molecule has 0 aliphatic rings. The third kappa shape index (κ3) is 9.17. The molecule has 0 radical (unpaired) electrons. The molecule has 24 heavy (non-hydrogen) atoms. The molecule has 0 heterocycles. The Kier molecular flexibility index (Phi) is 12.7. The molecule has 0 rings (SSSR count). The summed E-state index contributed by atoms with van der Waals surface area (Å²) in [6.45, 7) is 15.7. The third-order valence-corrected chi connectivity index (χ3v) is 5.31. The molecule has 0 spiro atoms. The molecule has 0 amide bonds. The first-order valence-corrected chi connectivity index (χ1v) is 10.3. The quantitative estimate of drug-likeness (QED) is 0.386. The number of unbranched alkanes of at least 4 members (excludes halogenated alkanes) is 6. The molecule has 0 atom stereocenters. The van der Waals surface area contributed by atoms with Gasteiger partial charge in [-0.15, -0.1) is 0 Å². The fourth-order valence-corrected chi connectivity index (χ4v) is 2.91. The second-order valence-electron chi connectivity index (χ2n) is 8.10. The summed E-state index contributed by atoms with van der Waals surface area (Å²) in [7, 11) is 2.05. The Bertz CT molecular complexity index is 314. The second-order valence-corrected chi connectivity index (χ2v) is 8.10. The Labute approximate surface area is 152 Å². The van der Waals surface area contributed by atoms with Gasteiger partial charge in [0.2, 0.25) is 0 Å². The van der Waals surface area contributed by atoms with E-state index in [1.807, 2.05) is 7.05 Å². The van der Waals surface area contributed by atoms with Gasteiger partial charge in [-0.3, -0.25) is 14.6 Å². The Hall–Kier alpha value is -0.410. The molecule has 0 fully saturated rings. The summed E-state index contributed by atoms with van der Waals surface area (Å²) in [5, 5.41) is 0. The normalized spacial score (nSPS) is 12.6. The van der Waals surface area contributed by atoms with Gasteiger partial charge in [0.15, 0.2) is 5.78 Å². The zero-order valence-corrected chi connectivity index (χ0v) is 17.7.